The lowest BCUT2D eigenvalue weighted by Crippen LogP contribution is -2.45. The number of amides is 2. The second-order valence-corrected chi connectivity index (χ2v) is 7.19. The molecule has 0 fully saturated rings. The molecule has 7 heteroatoms. The molecule has 6 nitrogen and oxygen atoms in total. The van der Waals surface area contributed by atoms with E-state index in [0.717, 1.165) is 11.3 Å². The topological polar surface area (TPSA) is 67.2 Å². The minimum atomic E-state index is -1.07. The van der Waals surface area contributed by atoms with Crippen LogP contribution in [0.2, 0.25) is 5.02 Å². The molecule has 1 spiro atoms. The summed E-state index contributed by atoms with van der Waals surface area (Å²) in [7, 11) is 1.74. The van der Waals surface area contributed by atoms with Gasteiger partial charge in [0.25, 0.3) is 0 Å². The van der Waals surface area contributed by atoms with Gasteiger partial charge in [0, 0.05) is 24.7 Å². The Balaban J connectivity index is 1.80. The minimum Gasteiger partial charge on any atom is -0.314 e. The van der Waals surface area contributed by atoms with E-state index in [1.165, 1.54) is 0 Å². The highest BCUT2D eigenvalue weighted by Gasteiger charge is 2.56. The molecular weight excluding hydrogens is 364 g/mol. The van der Waals surface area contributed by atoms with Gasteiger partial charge in [0.05, 0.1) is 16.9 Å². The summed E-state index contributed by atoms with van der Waals surface area (Å²) in [6, 6.07) is 14.8. The van der Waals surface area contributed by atoms with E-state index in [-0.39, 0.29) is 18.2 Å². The van der Waals surface area contributed by atoms with Crippen LogP contribution in [0.4, 0.5) is 11.5 Å². The minimum absolute atomic E-state index is 0.0500. The van der Waals surface area contributed by atoms with Crippen LogP contribution in [0.25, 0.3) is 5.69 Å². The molecule has 2 aliphatic heterocycles. The average molecular weight is 379 g/mol. The zero-order valence-electron chi connectivity index (χ0n) is 14.4. The lowest BCUT2D eigenvalue weighted by Gasteiger charge is -2.32. The number of hydrogen-bond donors (Lipinski definition) is 1. The first-order chi connectivity index (χ1) is 13.0. The Hall–Kier alpha value is -3.12. The number of para-hydroxylation sites is 2. The maximum Gasteiger partial charge on any atom is 0.242 e. The smallest absolute Gasteiger partial charge is 0.242 e. The van der Waals surface area contributed by atoms with Gasteiger partial charge in [-0.25, -0.2) is 4.68 Å². The molecule has 1 atom stereocenters. The lowest BCUT2D eigenvalue weighted by atomic mass is 9.72. The van der Waals surface area contributed by atoms with Gasteiger partial charge < -0.3 is 10.2 Å². The third kappa shape index (κ3) is 1.99. The molecular formula is C20H15ClN4O2. The van der Waals surface area contributed by atoms with Gasteiger partial charge in [0.2, 0.25) is 11.8 Å². The fourth-order valence-corrected chi connectivity index (χ4v) is 4.38. The van der Waals surface area contributed by atoms with Crippen molar-refractivity contribution in [2.45, 2.75) is 11.8 Å². The van der Waals surface area contributed by atoms with Crippen molar-refractivity contribution in [1.82, 2.24) is 9.78 Å². The number of nitrogens with zero attached hydrogens (tertiary/aromatic N) is 3. The van der Waals surface area contributed by atoms with Crippen molar-refractivity contribution >= 4 is 34.9 Å². The van der Waals surface area contributed by atoms with E-state index >= 15 is 0 Å². The molecule has 2 aromatic carbocycles. The Morgan fingerprint density at radius 2 is 1.74 bits per heavy atom. The Morgan fingerprint density at radius 3 is 2.52 bits per heavy atom. The van der Waals surface area contributed by atoms with Gasteiger partial charge in [-0.15, -0.1) is 0 Å². The van der Waals surface area contributed by atoms with E-state index in [0.29, 0.717) is 22.1 Å². The van der Waals surface area contributed by atoms with E-state index in [9.17, 15) is 9.59 Å². The number of benzene rings is 2. The molecule has 27 heavy (non-hydrogen) atoms. The van der Waals surface area contributed by atoms with Crippen molar-refractivity contribution in [2.24, 2.45) is 0 Å². The van der Waals surface area contributed by atoms with E-state index in [1.54, 1.807) is 28.9 Å². The highest BCUT2D eigenvalue weighted by Crippen LogP contribution is 2.52. The van der Waals surface area contributed by atoms with E-state index < -0.39 is 5.41 Å². The van der Waals surface area contributed by atoms with Crippen molar-refractivity contribution in [1.29, 1.82) is 0 Å². The highest BCUT2D eigenvalue weighted by atomic mass is 35.5. The predicted octanol–water partition coefficient (Wildman–Crippen LogP) is 3.13. The fourth-order valence-electron chi connectivity index (χ4n) is 4.17. The van der Waals surface area contributed by atoms with Crippen molar-refractivity contribution < 1.29 is 9.59 Å². The van der Waals surface area contributed by atoms with E-state index in [1.807, 2.05) is 42.5 Å². The SMILES string of the molecule is CN1C(=O)[C@]2(CC(=O)Nc3c2cnn3-c2ccccc2Cl)c2ccccc21. The Labute approximate surface area is 160 Å². The number of fused-ring (bicyclic) bond motifs is 4. The fraction of sp³-hybridized carbons (Fsp3) is 0.150. The molecule has 0 saturated heterocycles. The molecule has 0 bridgehead atoms. The first-order valence-electron chi connectivity index (χ1n) is 8.55. The molecule has 0 saturated carbocycles. The van der Waals surface area contributed by atoms with Crippen LogP contribution in [-0.2, 0) is 15.0 Å². The van der Waals surface area contributed by atoms with Crippen molar-refractivity contribution in [3.05, 3.63) is 70.9 Å². The Bertz CT molecular complexity index is 1120. The van der Waals surface area contributed by atoms with Crippen LogP contribution in [0.3, 0.4) is 0 Å². The molecule has 134 valence electrons. The summed E-state index contributed by atoms with van der Waals surface area (Å²) in [5.41, 5.74) is 1.90. The standard InChI is InChI=1S/C20H15ClN4O2/c1-24-15-8-4-2-6-12(15)20(19(24)27)10-17(26)23-18-13(20)11-22-25(18)16-9-5-3-7-14(16)21/h2-9,11H,10H2,1H3,(H,23,26)/t20-/m1/s1. The quantitative estimate of drug-likeness (QED) is 0.707. The molecule has 3 aromatic rings. The summed E-state index contributed by atoms with van der Waals surface area (Å²) in [6.07, 6.45) is 1.71. The Kier molecular flexibility index (Phi) is 3.24. The number of carbonyl (C=O) groups is 2. The Morgan fingerprint density at radius 1 is 1.04 bits per heavy atom. The second-order valence-electron chi connectivity index (χ2n) is 6.78. The summed E-state index contributed by atoms with van der Waals surface area (Å²) in [5.74, 6) is 0.131. The van der Waals surface area contributed by atoms with E-state index in [4.69, 9.17) is 11.6 Å². The van der Waals surface area contributed by atoms with Gasteiger partial charge in [0.1, 0.15) is 11.2 Å². The lowest BCUT2D eigenvalue weighted by molar-refractivity contribution is -0.126. The molecule has 0 aliphatic carbocycles. The monoisotopic (exact) mass is 378 g/mol. The zero-order chi connectivity index (χ0) is 18.8. The second kappa shape index (κ2) is 5.44. The zero-order valence-corrected chi connectivity index (χ0v) is 15.2. The van der Waals surface area contributed by atoms with Crippen molar-refractivity contribution in [3.63, 3.8) is 0 Å². The van der Waals surface area contributed by atoms with Crippen LogP contribution in [-0.4, -0.2) is 28.6 Å². The van der Waals surface area contributed by atoms with Gasteiger partial charge in [-0.1, -0.05) is 41.9 Å². The number of likely N-dealkylation sites (N-methyl/N-ethyl adjacent to an activating group) is 1. The molecule has 2 aliphatic rings. The number of halogens is 1. The van der Waals surface area contributed by atoms with Crippen LogP contribution < -0.4 is 10.2 Å². The third-order valence-corrected chi connectivity index (χ3v) is 5.71. The maximum atomic E-state index is 13.3. The molecule has 5 rings (SSSR count). The summed E-state index contributed by atoms with van der Waals surface area (Å²) in [6.45, 7) is 0. The largest absolute Gasteiger partial charge is 0.314 e. The molecule has 1 N–H and O–H groups in total. The van der Waals surface area contributed by atoms with Gasteiger partial charge in [-0.3, -0.25) is 9.59 Å². The molecule has 0 unspecified atom stereocenters. The number of carbonyl (C=O) groups excluding carboxylic acids is 2. The average Bonchev–Trinajstić information content (AvgIpc) is 3.17. The number of anilines is 2. The van der Waals surface area contributed by atoms with Crippen LogP contribution in [0, 0.1) is 0 Å². The molecule has 1 aromatic heterocycles. The predicted molar refractivity (Wildman–Crippen MR) is 102 cm³/mol. The van der Waals surface area contributed by atoms with Crippen molar-refractivity contribution in [2.75, 3.05) is 17.3 Å². The van der Waals surface area contributed by atoms with Gasteiger partial charge in [-0.2, -0.15) is 5.10 Å². The summed E-state index contributed by atoms with van der Waals surface area (Å²) in [4.78, 5) is 27.6. The van der Waals surface area contributed by atoms with Crippen LogP contribution >= 0.6 is 11.6 Å². The summed E-state index contributed by atoms with van der Waals surface area (Å²) >= 11 is 6.33. The van der Waals surface area contributed by atoms with Crippen LogP contribution in [0.15, 0.2) is 54.7 Å². The van der Waals surface area contributed by atoms with Crippen molar-refractivity contribution in [3.8, 4) is 5.69 Å². The highest BCUT2D eigenvalue weighted by molar-refractivity contribution is 6.32. The first kappa shape index (κ1) is 16.1. The van der Waals surface area contributed by atoms with E-state index in [2.05, 4.69) is 10.4 Å². The molecule has 2 amide bonds. The van der Waals surface area contributed by atoms with Crippen LogP contribution in [0.5, 0.6) is 0 Å². The summed E-state index contributed by atoms with van der Waals surface area (Å²) < 4.78 is 1.59. The van der Waals surface area contributed by atoms with Gasteiger partial charge in [-0.05, 0) is 23.8 Å². The molecule has 0 radical (unpaired) electrons. The number of rotatable bonds is 1. The number of nitrogens with one attached hydrogen (secondary N) is 1. The van der Waals surface area contributed by atoms with Crippen LogP contribution in [0.1, 0.15) is 17.5 Å². The number of aromatic nitrogens is 2. The first-order valence-corrected chi connectivity index (χ1v) is 8.93. The third-order valence-electron chi connectivity index (χ3n) is 5.39. The van der Waals surface area contributed by atoms with Gasteiger partial charge in [0.15, 0.2) is 0 Å². The molecule has 3 heterocycles. The van der Waals surface area contributed by atoms with Gasteiger partial charge >= 0.3 is 0 Å². The normalized spacial score (nSPS) is 20.6. The maximum absolute atomic E-state index is 13.3. The number of hydrogen-bond acceptors (Lipinski definition) is 3. The summed E-state index contributed by atoms with van der Waals surface area (Å²) in [5, 5.41) is 7.85.